The Kier molecular flexibility index (Phi) is 3.86. The molecule has 0 unspecified atom stereocenters. The van der Waals surface area contributed by atoms with Crippen molar-refractivity contribution in [1.29, 1.82) is 0 Å². The first kappa shape index (κ1) is 11.1. The van der Waals surface area contributed by atoms with E-state index in [1.807, 2.05) is 0 Å². The van der Waals surface area contributed by atoms with Crippen molar-refractivity contribution < 1.29 is 22.5 Å². The smallest absolute Gasteiger partial charge is 0.466 e. The largest absolute Gasteiger partial charge is 0.505 e. The molecule has 0 radical (unpaired) electrons. The van der Waals surface area contributed by atoms with Gasteiger partial charge in [0, 0.05) is 6.92 Å². The molecule has 0 fully saturated rings. The maximum absolute atomic E-state index is 11.8. The molecule has 0 heterocycles. The summed E-state index contributed by atoms with van der Waals surface area (Å²) in [6.45, 7) is -1.27. The van der Waals surface area contributed by atoms with E-state index in [2.05, 4.69) is 11.3 Å². The summed E-state index contributed by atoms with van der Waals surface area (Å²) in [6.07, 6.45) is -0.344. The summed E-state index contributed by atoms with van der Waals surface area (Å²) in [5.41, 5.74) is -0.823. The topological polar surface area (TPSA) is 26.3 Å². The van der Waals surface area contributed by atoms with Gasteiger partial charge in [-0.15, -0.1) is 12.1 Å². The Bertz CT molecular complexity index is 188. The summed E-state index contributed by atoms with van der Waals surface area (Å²) in [5, 5.41) is 0. The van der Waals surface area contributed by atoms with Crippen molar-refractivity contribution in [1.82, 2.24) is 0 Å². The molecular formula is C6H9BF3O2-. The van der Waals surface area contributed by atoms with E-state index in [4.69, 9.17) is 0 Å². The summed E-state index contributed by atoms with van der Waals surface area (Å²) in [6, 6.07) is 0. The summed E-state index contributed by atoms with van der Waals surface area (Å²) < 4.78 is 39.7. The lowest BCUT2D eigenvalue weighted by atomic mass is 9.79. The first-order valence-electron chi connectivity index (χ1n) is 3.35. The van der Waals surface area contributed by atoms with E-state index in [-0.39, 0.29) is 13.0 Å². The first-order chi connectivity index (χ1) is 5.34. The maximum Gasteiger partial charge on any atom is 0.505 e. The van der Waals surface area contributed by atoms with Gasteiger partial charge in [0.2, 0.25) is 0 Å². The van der Waals surface area contributed by atoms with Crippen LogP contribution < -0.4 is 0 Å². The number of hydrogen-bond acceptors (Lipinski definition) is 2. The summed E-state index contributed by atoms with van der Waals surface area (Å²) in [5.74, 6) is -0.586. The van der Waals surface area contributed by atoms with E-state index in [0.29, 0.717) is 0 Å². The molecule has 0 N–H and O–H groups in total. The molecule has 0 aromatic carbocycles. The molecule has 0 saturated heterocycles. The van der Waals surface area contributed by atoms with Crippen molar-refractivity contribution in [3.05, 3.63) is 12.1 Å². The molecule has 0 aromatic heterocycles. The molecule has 70 valence electrons. The lowest BCUT2D eigenvalue weighted by molar-refractivity contribution is -0.140. The van der Waals surface area contributed by atoms with Crippen LogP contribution in [0.5, 0.6) is 0 Å². The lowest BCUT2D eigenvalue weighted by Crippen LogP contribution is -2.20. The van der Waals surface area contributed by atoms with Crippen LogP contribution >= 0.6 is 0 Å². The van der Waals surface area contributed by atoms with Crippen molar-refractivity contribution in [2.75, 3.05) is 6.61 Å². The van der Waals surface area contributed by atoms with Gasteiger partial charge in [-0.2, -0.15) is 0 Å². The Labute approximate surface area is 68.5 Å². The average Bonchev–Trinajstić information content (AvgIpc) is 1.84. The van der Waals surface area contributed by atoms with Crippen LogP contribution in [0.4, 0.5) is 12.9 Å². The Morgan fingerprint density at radius 1 is 1.50 bits per heavy atom. The molecule has 0 bridgehead atoms. The second-order valence-electron chi connectivity index (χ2n) is 2.32. The molecular weight excluding hydrogens is 172 g/mol. The number of rotatable bonds is 4. The molecule has 6 heteroatoms. The molecule has 12 heavy (non-hydrogen) atoms. The van der Waals surface area contributed by atoms with E-state index in [0.717, 1.165) is 6.92 Å². The highest BCUT2D eigenvalue weighted by Gasteiger charge is 2.26. The van der Waals surface area contributed by atoms with Crippen LogP contribution in [-0.4, -0.2) is 19.6 Å². The predicted molar refractivity (Wildman–Crippen MR) is 39.5 cm³/mol. The third kappa shape index (κ3) is 4.82. The van der Waals surface area contributed by atoms with Gasteiger partial charge < -0.3 is 17.7 Å². The zero-order valence-electron chi connectivity index (χ0n) is 6.65. The molecule has 0 aromatic rings. The Balaban J connectivity index is 3.66. The van der Waals surface area contributed by atoms with E-state index >= 15 is 0 Å². The summed E-state index contributed by atoms with van der Waals surface area (Å²) >= 11 is 0. The number of carbonyl (C=O) groups excluding carboxylic acids is 1. The molecule has 0 atom stereocenters. The second kappa shape index (κ2) is 4.18. The van der Waals surface area contributed by atoms with Crippen molar-refractivity contribution in [2.45, 2.75) is 13.3 Å². The molecule has 0 aliphatic carbocycles. The van der Waals surface area contributed by atoms with Gasteiger partial charge in [0.15, 0.2) is 0 Å². The van der Waals surface area contributed by atoms with E-state index < -0.39 is 18.4 Å². The molecule has 2 nitrogen and oxygen atoms in total. The average molecular weight is 181 g/mol. The van der Waals surface area contributed by atoms with Gasteiger partial charge in [-0.3, -0.25) is 4.79 Å². The van der Waals surface area contributed by atoms with Crippen LogP contribution in [-0.2, 0) is 9.53 Å². The fourth-order valence-corrected chi connectivity index (χ4v) is 0.490. The van der Waals surface area contributed by atoms with Gasteiger partial charge >= 0.3 is 12.9 Å². The van der Waals surface area contributed by atoms with Crippen LogP contribution in [0, 0.1) is 0 Å². The van der Waals surface area contributed by atoms with Gasteiger partial charge in [-0.25, -0.2) is 0 Å². The van der Waals surface area contributed by atoms with Gasteiger partial charge in [-0.05, 0) is 6.42 Å². The second-order valence-corrected chi connectivity index (χ2v) is 2.32. The van der Waals surface area contributed by atoms with Gasteiger partial charge in [-0.1, -0.05) is 0 Å². The minimum atomic E-state index is -4.99. The minimum Gasteiger partial charge on any atom is -0.466 e. The van der Waals surface area contributed by atoms with Crippen LogP contribution in [0.15, 0.2) is 12.1 Å². The highest BCUT2D eigenvalue weighted by molar-refractivity contribution is 6.66. The van der Waals surface area contributed by atoms with E-state index in [9.17, 15) is 17.7 Å². The standard InChI is InChI=1S/C6H9BF3O2/c1-5(7(8,9)10)3-4-12-6(2)11/h1,3-4H2,2H3/q-1. The molecule has 0 spiro atoms. The van der Waals surface area contributed by atoms with E-state index in [1.54, 1.807) is 0 Å². The fraction of sp³-hybridized carbons (Fsp3) is 0.500. The van der Waals surface area contributed by atoms with Gasteiger partial charge in [0.1, 0.15) is 0 Å². The van der Waals surface area contributed by atoms with E-state index in [1.165, 1.54) is 0 Å². The number of hydrogen-bond donors (Lipinski definition) is 0. The molecule has 0 amide bonds. The Morgan fingerprint density at radius 3 is 2.33 bits per heavy atom. The Hall–Kier alpha value is -0.935. The van der Waals surface area contributed by atoms with Crippen molar-refractivity contribution >= 4 is 12.9 Å². The van der Waals surface area contributed by atoms with Crippen molar-refractivity contribution in [2.24, 2.45) is 0 Å². The number of ether oxygens (including phenoxy) is 1. The molecule has 0 rings (SSSR count). The highest BCUT2D eigenvalue weighted by Crippen LogP contribution is 2.20. The Morgan fingerprint density at radius 2 is 2.00 bits per heavy atom. The number of carbonyl (C=O) groups is 1. The zero-order valence-corrected chi connectivity index (χ0v) is 6.65. The first-order valence-corrected chi connectivity index (χ1v) is 3.35. The molecule has 0 saturated carbocycles. The molecule has 0 aliphatic heterocycles. The lowest BCUT2D eigenvalue weighted by Gasteiger charge is -2.16. The summed E-state index contributed by atoms with van der Waals surface area (Å²) in [4.78, 5) is 10.1. The SMILES string of the molecule is C=C(CCOC(C)=O)[B-](F)(F)F. The number of halogens is 3. The normalized spacial score (nSPS) is 11.0. The van der Waals surface area contributed by atoms with Crippen molar-refractivity contribution in [3.63, 3.8) is 0 Å². The highest BCUT2D eigenvalue weighted by atomic mass is 19.4. The van der Waals surface area contributed by atoms with Gasteiger partial charge in [0.05, 0.1) is 6.61 Å². The summed E-state index contributed by atoms with van der Waals surface area (Å²) in [7, 11) is 0. The molecule has 0 aliphatic rings. The van der Waals surface area contributed by atoms with Crippen LogP contribution in [0.25, 0.3) is 0 Å². The predicted octanol–water partition coefficient (Wildman–Crippen LogP) is 1.88. The monoisotopic (exact) mass is 181 g/mol. The van der Waals surface area contributed by atoms with Gasteiger partial charge in [0.25, 0.3) is 0 Å². The number of esters is 1. The maximum atomic E-state index is 11.8. The zero-order chi connectivity index (χ0) is 9.78. The van der Waals surface area contributed by atoms with Crippen LogP contribution in [0.1, 0.15) is 13.3 Å². The fourth-order valence-electron chi connectivity index (χ4n) is 0.490. The quantitative estimate of drug-likeness (QED) is 0.488. The third-order valence-corrected chi connectivity index (χ3v) is 1.19. The third-order valence-electron chi connectivity index (χ3n) is 1.19. The van der Waals surface area contributed by atoms with Crippen LogP contribution in [0.2, 0.25) is 0 Å². The van der Waals surface area contributed by atoms with Crippen molar-refractivity contribution in [3.8, 4) is 0 Å². The minimum absolute atomic E-state index is 0.255. The van der Waals surface area contributed by atoms with Crippen LogP contribution in [0.3, 0.4) is 0 Å².